The van der Waals surface area contributed by atoms with Crippen molar-refractivity contribution in [3.63, 3.8) is 0 Å². The maximum Gasteiger partial charge on any atom is -0.00117 e. The van der Waals surface area contributed by atoms with Crippen LogP contribution in [-0.4, -0.2) is 6.16 Å². The van der Waals surface area contributed by atoms with Crippen LogP contribution in [0.5, 0.6) is 0 Å². The quantitative estimate of drug-likeness (QED) is 0.345. The van der Waals surface area contributed by atoms with Crippen LogP contribution in [0.2, 0.25) is 0 Å². The Bertz CT molecular complexity index is 937. The van der Waals surface area contributed by atoms with Gasteiger partial charge >= 0.3 is 0 Å². The van der Waals surface area contributed by atoms with E-state index < -0.39 is 6.55 Å². The summed E-state index contributed by atoms with van der Waals surface area (Å²) < 4.78 is 0. The summed E-state index contributed by atoms with van der Waals surface area (Å²) in [4.78, 5) is 0. The van der Waals surface area contributed by atoms with Crippen molar-refractivity contribution in [2.24, 2.45) is 0 Å². The summed E-state index contributed by atoms with van der Waals surface area (Å²) in [5.41, 5.74) is 1.42. The van der Waals surface area contributed by atoms with Gasteiger partial charge in [0, 0.05) is 0 Å². The molecule has 0 aliphatic rings. The average Bonchev–Trinajstić information content (AvgIpc) is 2.79. The lowest BCUT2D eigenvalue weighted by Gasteiger charge is -2.28. The zero-order chi connectivity index (χ0) is 19.1. The molecule has 0 nitrogen and oxygen atoms in total. The minimum atomic E-state index is -1.72. The lowest BCUT2D eigenvalue weighted by atomic mass is 10.2. The van der Waals surface area contributed by atoms with Crippen molar-refractivity contribution < 1.29 is 0 Å². The molecule has 0 aromatic heterocycles. The molecule has 0 N–H and O–H groups in total. The highest BCUT2D eigenvalue weighted by Crippen LogP contribution is 2.53. The van der Waals surface area contributed by atoms with Gasteiger partial charge in [0.05, 0.1) is 0 Å². The van der Waals surface area contributed by atoms with Crippen molar-refractivity contribution in [1.82, 2.24) is 0 Å². The first-order chi connectivity index (χ1) is 13.9. The van der Waals surface area contributed by atoms with Gasteiger partial charge in [-0.3, -0.25) is 0 Å². The Balaban J connectivity index is 1.89. The molecule has 138 valence electrons. The molecule has 0 aliphatic heterocycles. The van der Waals surface area contributed by atoms with Crippen LogP contribution in [0, 0.1) is 0 Å². The molecule has 0 fully saturated rings. The Morgan fingerprint density at radius 3 is 1.21 bits per heavy atom. The minimum Gasteiger partial charge on any atom is -0.0943 e. The van der Waals surface area contributed by atoms with E-state index in [4.69, 9.17) is 0 Å². The highest BCUT2D eigenvalue weighted by atomic mass is 31.8. The summed E-state index contributed by atoms with van der Waals surface area (Å²) in [5.74, 6) is 0. The number of rotatable bonds is 6. The third-order valence-corrected chi connectivity index (χ3v) is 12.9. The number of benzene rings is 4. The molecule has 4 aromatic rings. The van der Waals surface area contributed by atoms with Crippen LogP contribution < -0.4 is 15.9 Å². The van der Waals surface area contributed by atoms with Gasteiger partial charge in [0.15, 0.2) is 0 Å². The Labute approximate surface area is 169 Å². The van der Waals surface area contributed by atoms with E-state index in [1.54, 1.807) is 0 Å². The fraction of sp³-hybridized carbons (Fsp3) is 0.0769. The third-order valence-electron chi connectivity index (χ3n) is 4.95. The molecule has 4 aromatic carbocycles. The second-order valence-corrected chi connectivity index (χ2v) is 12.9. The minimum absolute atomic E-state index is 1.11. The van der Waals surface area contributed by atoms with Crippen LogP contribution in [-0.2, 0) is 6.42 Å². The fourth-order valence-electron chi connectivity index (χ4n) is 3.60. The van der Waals surface area contributed by atoms with Gasteiger partial charge in [-0.25, -0.2) is 0 Å². The summed E-state index contributed by atoms with van der Waals surface area (Å²) in [5, 5.41) is 4.38. The maximum atomic E-state index is 2.32. The van der Waals surface area contributed by atoms with Crippen LogP contribution >= 0.6 is 14.4 Å². The van der Waals surface area contributed by atoms with Crippen molar-refractivity contribution in [3.8, 4) is 0 Å². The first-order valence-electron chi connectivity index (χ1n) is 9.68. The summed E-state index contributed by atoms with van der Waals surface area (Å²) in [6, 6.07) is 44.2. The van der Waals surface area contributed by atoms with Gasteiger partial charge in [0.25, 0.3) is 0 Å². The van der Waals surface area contributed by atoms with Crippen molar-refractivity contribution in [1.29, 1.82) is 0 Å². The molecule has 0 amide bonds. The van der Waals surface area contributed by atoms with Gasteiger partial charge in [-0.2, -0.15) is 0 Å². The SMILES string of the molecule is c1ccc(CCP=P(c2ccccc2)(c2ccccc2)c2ccccc2)cc1. The van der Waals surface area contributed by atoms with Crippen molar-refractivity contribution in [3.05, 3.63) is 127 Å². The third kappa shape index (κ3) is 4.05. The van der Waals surface area contributed by atoms with E-state index >= 15 is 0 Å². The second-order valence-electron chi connectivity index (χ2n) is 6.74. The molecule has 0 heterocycles. The molecule has 2 heteroatoms. The summed E-state index contributed by atoms with van der Waals surface area (Å²) in [6.45, 7) is -1.72. The first kappa shape index (κ1) is 18.9. The lowest BCUT2D eigenvalue weighted by Crippen LogP contribution is -2.24. The van der Waals surface area contributed by atoms with Crippen LogP contribution in [0.15, 0.2) is 121 Å². The van der Waals surface area contributed by atoms with Gasteiger partial charge in [-0.05, 0) is 40.6 Å². The molecule has 0 aliphatic carbocycles. The monoisotopic (exact) mass is 398 g/mol. The van der Waals surface area contributed by atoms with Crippen molar-refractivity contribution in [2.45, 2.75) is 6.42 Å². The number of hydrogen-bond donors (Lipinski definition) is 0. The van der Waals surface area contributed by atoms with Crippen LogP contribution in [0.25, 0.3) is 0 Å². The zero-order valence-electron chi connectivity index (χ0n) is 15.9. The molecule has 0 radical (unpaired) electrons. The summed E-state index contributed by atoms with van der Waals surface area (Å²) in [6.07, 6.45) is 2.26. The molecule has 0 saturated carbocycles. The second kappa shape index (κ2) is 9.20. The lowest BCUT2D eigenvalue weighted by molar-refractivity contribution is 1.16. The Kier molecular flexibility index (Phi) is 6.23. The van der Waals surface area contributed by atoms with Crippen molar-refractivity contribution in [2.75, 3.05) is 6.16 Å². The van der Waals surface area contributed by atoms with E-state index in [9.17, 15) is 0 Å². The van der Waals surface area contributed by atoms with Gasteiger partial charge in [0.1, 0.15) is 0 Å². The van der Waals surface area contributed by atoms with E-state index in [1.165, 1.54) is 29.3 Å². The molecular formula is C26H24P2. The first-order valence-corrected chi connectivity index (χ1v) is 13.3. The smallest absolute Gasteiger partial charge is 0.00117 e. The van der Waals surface area contributed by atoms with Crippen LogP contribution in [0.1, 0.15) is 5.56 Å². The predicted molar refractivity (Wildman–Crippen MR) is 127 cm³/mol. The maximum absolute atomic E-state index is 2.32. The fourth-order valence-corrected chi connectivity index (χ4v) is 11.3. The molecular weight excluding hydrogens is 374 g/mol. The molecule has 4 rings (SSSR count). The summed E-state index contributed by atoms with van der Waals surface area (Å²) in [7, 11) is 1.50. The zero-order valence-corrected chi connectivity index (χ0v) is 17.6. The number of hydrogen-bond acceptors (Lipinski definition) is 0. The van der Waals surface area contributed by atoms with Gasteiger partial charge in [-0.1, -0.05) is 129 Å². The largest absolute Gasteiger partial charge is 0.0943 e. The molecule has 28 heavy (non-hydrogen) atoms. The van der Waals surface area contributed by atoms with Gasteiger partial charge in [-0.15, -0.1) is 0 Å². The van der Waals surface area contributed by atoms with E-state index in [1.807, 2.05) is 0 Å². The summed E-state index contributed by atoms with van der Waals surface area (Å²) >= 11 is 0. The van der Waals surface area contributed by atoms with E-state index in [0.29, 0.717) is 0 Å². The molecule has 0 atom stereocenters. The normalized spacial score (nSPS) is 11.4. The van der Waals surface area contributed by atoms with Crippen LogP contribution in [0.4, 0.5) is 0 Å². The highest BCUT2D eigenvalue weighted by Gasteiger charge is 2.25. The van der Waals surface area contributed by atoms with E-state index in [-0.39, 0.29) is 0 Å². The Morgan fingerprint density at radius 2 is 0.821 bits per heavy atom. The van der Waals surface area contributed by atoms with Gasteiger partial charge in [0.2, 0.25) is 0 Å². The molecule has 0 bridgehead atoms. The highest BCUT2D eigenvalue weighted by molar-refractivity contribution is 8.17. The predicted octanol–water partition coefficient (Wildman–Crippen LogP) is 6.08. The molecule has 0 unspecified atom stereocenters. The van der Waals surface area contributed by atoms with E-state index in [0.717, 1.165) is 12.6 Å². The standard InChI is InChI=1S/C26H24P2/c1-5-13-23(14-6-1)21-22-27-28(24-15-7-2-8-16-24,25-17-9-3-10-18-25)26-19-11-4-12-20-26/h1-20H,21-22H2. The molecule has 0 saturated heterocycles. The average molecular weight is 398 g/mol. The number of aryl methyl sites for hydroxylation is 1. The van der Waals surface area contributed by atoms with Crippen LogP contribution in [0.3, 0.4) is 0 Å². The Hall–Kier alpha value is -2.39. The van der Waals surface area contributed by atoms with E-state index in [2.05, 4.69) is 121 Å². The van der Waals surface area contributed by atoms with Gasteiger partial charge < -0.3 is 0 Å². The topological polar surface area (TPSA) is 0 Å². The molecule has 0 spiro atoms. The Morgan fingerprint density at radius 1 is 0.464 bits per heavy atom. The van der Waals surface area contributed by atoms with Crippen molar-refractivity contribution >= 4 is 30.3 Å².